The topological polar surface area (TPSA) is 55.8 Å². The molecular formula is C19H15ClF3NaO4. The Kier molecular flexibility index (Phi) is 7.09. The van der Waals surface area contributed by atoms with Crippen LogP contribution in [0, 0.1) is 0 Å². The second-order valence-electron chi connectivity index (χ2n) is 5.91. The van der Waals surface area contributed by atoms with E-state index in [9.17, 15) is 18.0 Å². The van der Waals surface area contributed by atoms with Crippen molar-refractivity contribution >= 4 is 53.2 Å². The molecule has 1 atom stereocenters. The molecule has 0 aromatic heterocycles. The van der Waals surface area contributed by atoms with E-state index in [1.807, 2.05) is 12.1 Å². The van der Waals surface area contributed by atoms with Crippen LogP contribution >= 0.6 is 11.6 Å². The van der Waals surface area contributed by atoms with E-state index in [4.69, 9.17) is 26.2 Å². The summed E-state index contributed by atoms with van der Waals surface area (Å²) in [5.74, 6) is -1.15. The monoisotopic (exact) mass is 422 g/mol. The van der Waals surface area contributed by atoms with Crippen molar-refractivity contribution in [1.82, 2.24) is 0 Å². The van der Waals surface area contributed by atoms with Crippen LogP contribution < -0.4 is 9.47 Å². The number of ether oxygens (including phenoxy) is 2. The summed E-state index contributed by atoms with van der Waals surface area (Å²) in [6.45, 7) is 0. The molecule has 2 aromatic carbocycles. The molecule has 1 unspecified atom stereocenters. The fraction of sp³-hybridized carbons (Fsp3) is 0.211. The second kappa shape index (κ2) is 8.78. The number of hydrogen-bond acceptors (Lipinski definition) is 3. The van der Waals surface area contributed by atoms with Crippen LogP contribution in [0.3, 0.4) is 0 Å². The van der Waals surface area contributed by atoms with Gasteiger partial charge in [-0.05, 0) is 35.4 Å². The van der Waals surface area contributed by atoms with Gasteiger partial charge in [-0.15, -0.1) is 0 Å². The van der Waals surface area contributed by atoms with Gasteiger partial charge in [0.25, 0.3) is 0 Å². The third-order valence-electron chi connectivity index (χ3n) is 4.13. The molecule has 4 nitrogen and oxygen atoms in total. The van der Waals surface area contributed by atoms with Crippen molar-refractivity contribution in [1.29, 1.82) is 0 Å². The van der Waals surface area contributed by atoms with E-state index in [0.29, 0.717) is 17.7 Å². The first-order valence-electron chi connectivity index (χ1n) is 7.83. The Morgan fingerprint density at radius 1 is 1.25 bits per heavy atom. The Labute approximate surface area is 186 Å². The van der Waals surface area contributed by atoms with E-state index in [0.717, 1.165) is 11.6 Å². The van der Waals surface area contributed by atoms with Crippen LogP contribution in [0.15, 0.2) is 42.0 Å². The average Bonchev–Trinajstić information content (AvgIpc) is 2.61. The van der Waals surface area contributed by atoms with Gasteiger partial charge in [0.05, 0.1) is 12.7 Å². The quantitative estimate of drug-likeness (QED) is 0.754. The number of aliphatic carboxylic acids is 1. The zero-order chi connectivity index (χ0) is 19.8. The van der Waals surface area contributed by atoms with Gasteiger partial charge in [0.15, 0.2) is 0 Å². The van der Waals surface area contributed by atoms with Crippen LogP contribution in [0.4, 0.5) is 13.2 Å². The van der Waals surface area contributed by atoms with E-state index in [2.05, 4.69) is 0 Å². The third kappa shape index (κ3) is 4.66. The average molecular weight is 423 g/mol. The van der Waals surface area contributed by atoms with Gasteiger partial charge in [0.2, 0.25) is 6.10 Å². The summed E-state index contributed by atoms with van der Waals surface area (Å²) in [4.78, 5) is 11.2. The number of carboxylic acids is 1. The van der Waals surface area contributed by atoms with E-state index >= 15 is 0 Å². The van der Waals surface area contributed by atoms with Gasteiger partial charge in [-0.25, -0.2) is 4.79 Å². The molecule has 0 saturated carbocycles. The van der Waals surface area contributed by atoms with Gasteiger partial charge in [0, 0.05) is 17.0 Å². The third-order valence-corrected chi connectivity index (χ3v) is 4.49. The number of para-hydroxylation sites is 1. The van der Waals surface area contributed by atoms with Crippen LogP contribution in [-0.2, 0) is 11.2 Å². The number of carboxylic acid groups (broad SMARTS) is 1. The Morgan fingerprint density at radius 3 is 2.54 bits per heavy atom. The summed E-state index contributed by atoms with van der Waals surface area (Å²) in [6, 6.07) is 9.99. The SMILES string of the molecule is COc1ccccc1Cc1cc2c(cc1Cl)C=C(C(=O)O)C(C(F)(F)F)O2.[NaH]. The molecule has 28 heavy (non-hydrogen) atoms. The van der Waals surface area contributed by atoms with Crippen LogP contribution in [-0.4, -0.2) is 60.0 Å². The Bertz CT molecular complexity index is 928. The first kappa shape index (κ1) is 22.6. The van der Waals surface area contributed by atoms with Crippen molar-refractivity contribution in [2.45, 2.75) is 18.7 Å². The van der Waals surface area contributed by atoms with Crippen molar-refractivity contribution in [2.24, 2.45) is 0 Å². The normalized spacial score (nSPS) is 15.6. The van der Waals surface area contributed by atoms with E-state index in [1.165, 1.54) is 19.2 Å². The fourth-order valence-corrected chi connectivity index (χ4v) is 3.11. The number of hydrogen-bond donors (Lipinski definition) is 1. The van der Waals surface area contributed by atoms with Gasteiger partial charge in [-0.1, -0.05) is 29.8 Å². The number of fused-ring (bicyclic) bond motifs is 1. The first-order valence-corrected chi connectivity index (χ1v) is 8.21. The number of rotatable bonds is 4. The predicted molar refractivity (Wildman–Crippen MR) is 100 cm³/mol. The second-order valence-corrected chi connectivity index (χ2v) is 6.32. The van der Waals surface area contributed by atoms with E-state index in [-0.39, 0.29) is 45.9 Å². The molecule has 3 rings (SSSR count). The minimum atomic E-state index is -4.86. The van der Waals surface area contributed by atoms with Crippen LogP contribution in [0.1, 0.15) is 16.7 Å². The Balaban J connectivity index is 0.00000280. The molecule has 1 N–H and O–H groups in total. The molecular weight excluding hydrogens is 408 g/mol. The number of halogens is 4. The van der Waals surface area contributed by atoms with Gasteiger partial charge >= 0.3 is 41.7 Å². The standard InChI is InChI=1S/C19H14ClF3O4.Na.H/c1-26-15-5-3-2-4-10(15)6-11-9-16-12(8-14(11)20)7-13(18(24)25)17(27-16)19(21,22)23;;/h2-5,7-9,17H,6H2,1H3,(H,24,25);;. The van der Waals surface area contributed by atoms with Gasteiger partial charge < -0.3 is 14.6 Å². The van der Waals surface area contributed by atoms with Gasteiger partial charge in [-0.3, -0.25) is 0 Å². The molecule has 0 fully saturated rings. The van der Waals surface area contributed by atoms with Crippen molar-refractivity contribution in [2.75, 3.05) is 7.11 Å². The van der Waals surface area contributed by atoms with Crippen molar-refractivity contribution in [3.8, 4) is 11.5 Å². The number of carbonyl (C=O) groups is 1. The predicted octanol–water partition coefficient (Wildman–Crippen LogP) is 4.08. The molecule has 0 saturated heterocycles. The molecule has 2 aromatic rings. The summed E-state index contributed by atoms with van der Waals surface area (Å²) in [6.07, 6.45) is -6.14. The summed E-state index contributed by atoms with van der Waals surface area (Å²) in [7, 11) is 1.52. The molecule has 1 heterocycles. The number of alkyl halides is 3. The molecule has 144 valence electrons. The van der Waals surface area contributed by atoms with Gasteiger partial charge in [-0.2, -0.15) is 13.2 Å². The van der Waals surface area contributed by atoms with Crippen LogP contribution in [0.5, 0.6) is 11.5 Å². The van der Waals surface area contributed by atoms with Crippen LogP contribution in [0.25, 0.3) is 6.08 Å². The zero-order valence-electron chi connectivity index (χ0n) is 14.0. The van der Waals surface area contributed by atoms with E-state index < -0.39 is 23.8 Å². The minimum absolute atomic E-state index is 0. The van der Waals surface area contributed by atoms with Crippen molar-refractivity contribution < 1.29 is 32.5 Å². The molecule has 0 amide bonds. The first-order chi connectivity index (χ1) is 12.7. The number of methoxy groups -OCH3 is 1. The maximum atomic E-state index is 13.2. The van der Waals surface area contributed by atoms with Gasteiger partial charge in [0.1, 0.15) is 11.5 Å². The fourth-order valence-electron chi connectivity index (χ4n) is 2.87. The van der Waals surface area contributed by atoms with E-state index in [1.54, 1.807) is 12.1 Å². The molecule has 0 spiro atoms. The summed E-state index contributed by atoms with van der Waals surface area (Å²) in [5.41, 5.74) is 0.630. The maximum absolute atomic E-state index is 13.2. The summed E-state index contributed by atoms with van der Waals surface area (Å²) in [5, 5.41) is 9.37. The molecule has 1 aliphatic heterocycles. The molecule has 0 aliphatic carbocycles. The Hall–Kier alpha value is -1.67. The van der Waals surface area contributed by atoms with Crippen molar-refractivity contribution in [3.63, 3.8) is 0 Å². The summed E-state index contributed by atoms with van der Waals surface area (Å²) >= 11 is 6.26. The van der Waals surface area contributed by atoms with Crippen molar-refractivity contribution in [3.05, 3.63) is 63.7 Å². The number of benzene rings is 2. The zero-order valence-corrected chi connectivity index (χ0v) is 14.8. The Morgan fingerprint density at radius 2 is 1.93 bits per heavy atom. The molecule has 9 heteroatoms. The van der Waals surface area contributed by atoms with Crippen LogP contribution in [0.2, 0.25) is 5.02 Å². The molecule has 0 bridgehead atoms. The molecule has 0 radical (unpaired) electrons. The summed E-state index contributed by atoms with van der Waals surface area (Å²) < 4.78 is 49.9. The molecule has 1 aliphatic rings.